The van der Waals surface area contributed by atoms with Gasteiger partial charge in [-0.25, -0.2) is 0 Å². The van der Waals surface area contributed by atoms with Gasteiger partial charge < -0.3 is 20.5 Å². The van der Waals surface area contributed by atoms with Gasteiger partial charge in [-0.15, -0.1) is 13.2 Å². The number of guanidine groups is 1. The first-order chi connectivity index (χ1) is 11.9. The Morgan fingerprint density at radius 3 is 2.36 bits per heavy atom. The molecule has 0 heterocycles. The summed E-state index contributed by atoms with van der Waals surface area (Å²) in [7, 11) is 0. The van der Waals surface area contributed by atoms with E-state index in [1.807, 2.05) is 0 Å². The van der Waals surface area contributed by atoms with E-state index in [-0.39, 0.29) is 11.7 Å². The van der Waals surface area contributed by atoms with Crippen molar-refractivity contribution in [3.8, 4) is 5.75 Å². The van der Waals surface area contributed by atoms with Gasteiger partial charge in [0.05, 0.1) is 19.3 Å². The second-order valence-corrected chi connectivity index (χ2v) is 5.95. The van der Waals surface area contributed by atoms with E-state index < -0.39 is 6.36 Å². The van der Waals surface area contributed by atoms with Crippen LogP contribution in [0.3, 0.4) is 0 Å². The zero-order valence-corrected chi connectivity index (χ0v) is 14.0. The molecule has 0 unspecified atom stereocenters. The van der Waals surface area contributed by atoms with Gasteiger partial charge in [0.15, 0.2) is 5.96 Å². The summed E-state index contributed by atoms with van der Waals surface area (Å²) in [4.78, 5) is 4.16. The summed E-state index contributed by atoms with van der Waals surface area (Å²) in [6.45, 7) is 0.940. The molecule has 0 bridgehead atoms. The highest BCUT2D eigenvalue weighted by Gasteiger charge is 2.30. The summed E-state index contributed by atoms with van der Waals surface area (Å²) >= 11 is 0. The molecule has 1 aliphatic rings. The van der Waals surface area contributed by atoms with Crippen molar-refractivity contribution in [2.75, 3.05) is 18.5 Å². The van der Waals surface area contributed by atoms with E-state index in [4.69, 9.17) is 10.5 Å². The molecule has 0 spiro atoms. The molecule has 1 aromatic rings. The molecule has 1 saturated carbocycles. The Morgan fingerprint density at radius 2 is 1.76 bits per heavy atom. The molecule has 0 radical (unpaired) electrons. The Bertz CT molecular complexity index is 539. The second kappa shape index (κ2) is 9.50. The standard InChI is InChI=1S/C17H24F3N3O2/c18-17(19,20)25-15-9-7-13(8-10-15)23-16(21)22-11-12-24-14-5-3-1-2-4-6-14/h7-10,14H,1-6,11-12H2,(H3,21,22,23). The minimum atomic E-state index is -4.70. The second-order valence-electron chi connectivity index (χ2n) is 5.95. The van der Waals surface area contributed by atoms with Gasteiger partial charge in [0, 0.05) is 5.69 Å². The van der Waals surface area contributed by atoms with Crippen molar-refractivity contribution in [1.82, 2.24) is 0 Å². The van der Waals surface area contributed by atoms with Gasteiger partial charge in [-0.05, 0) is 37.1 Å². The maximum atomic E-state index is 12.1. The zero-order valence-electron chi connectivity index (χ0n) is 14.0. The van der Waals surface area contributed by atoms with Gasteiger partial charge >= 0.3 is 6.36 Å². The summed E-state index contributed by atoms with van der Waals surface area (Å²) in [6.07, 6.45) is 2.80. The average Bonchev–Trinajstić information content (AvgIpc) is 2.81. The number of nitrogens with zero attached hydrogens (tertiary/aromatic N) is 1. The van der Waals surface area contributed by atoms with Crippen LogP contribution in [-0.2, 0) is 4.74 Å². The first-order valence-electron chi connectivity index (χ1n) is 8.47. The van der Waals surface area contributed by atoms with E-state index in [2.05, 4.69) is 15.0 Å². The molecule has 0 saturated heterocycles. The van der Waals surface area contributed by atoms with Crippen LogP contribution in [-0.4, -0.2) is 31.6 Å². The number of rotatable bonds is 6. The molecule has 2 rings (SSSR count). The van der Waals surface area contributed by atoms with Crippen LogP contribution < -0.4 is 15.8 Å². The fourth-order valence-corrected chi connectivity index (χ4v) is 2.72. The van der Waals surface area contributed by atoms with Crippen molar-refractivity contribution in [2.45, 2.75) is 51.0 Å². The first-order valence-corrected chi connectivity index (χ1v) is 8.47. The molecule has 25 heavy (non-hydrogen) atoms. The van der Waals surface area contributed by atoms with Crippen LogP contribution in [0.4, 0.5) is 18.9 Å². The molecule has 1 fully saturated rings. The summed E-state index contributed by atoms with van der Waals surface area (Å²) in [5, 5.41) is 2.82. The minimum Gasteiger partial charge on any atom is -0.406 e. The van der Waals surface area contributed by atoms with Crippen LogP contribution >= 0.6 is 0 Å². The summed E-state index contributed by atoms with van der Waals surface area (Å²) in [5.41, 5.74) is 6.29. The normalized spacial score (nSPS) is 17.2. The quantitative estimate of drug-likeness (QED) is 0.348. The summed E-state index contributed by atoms with van der Waals surface area (Å²) in [6, 6.07) is 5.29. The Hall–Kier alpha value is -1.96. The third-order valence-electron chi connectivity index (χ3n) is 3.89. The zero-order chi connectivity index (χ0) is 18.1. The lowest BCUT2D eigenvalue weighted by Gasteiger charge is -2.14. The van der Waals surface area contributed by atoms with Crippen LogP contribution in [0.1, 0.15) is 38.5 Å². The maximum Gasteiger partial charge on any atom is 0.573 e. The van der Waals surface area contributed by atoms with Gasteiger partial charge in [-0.1, -0.05) is 25.7 Å². The molecule has 1 aliphatic carbocycles. The highest BCUT2D eigenvalue weighted by atomic mass is 19.4. The smallest absolute Gasteiger partial charge is 0.406 e. The van der Waals surface area contributed by atoms with Crippen LogP contribution in [0.5, 0.6) is 5.75 Å². The molecule has 0 aliphatic heterocycles. The number of nitrogens with one attached hydrogen (secondary N) is 1. The SMILES string of the molecule is NC(=NCCOC1CCCCCC1)Nc1ccc(OC(F)(F)F)cc1. The summed E-state index contributed by atoms with van der Waals surface area (Å²) < 4.78 is 45.9. The number of anilines is 1. The molecule has 1 aromatic carbocycles. The topological polar surface area (TPSA) is 68.9 Å². The first kappa shape index (κ1) is 19.4. The lowest BCUT2D eigenvalue weighted by Crippen LogP contribution is -2.24. The largest absolute Gasteiger partial charge is 0.573 e. The molecule has 8 heteroatoms. The van der Waals surface area contributed by atoms with E-state index in [9.17, 15) is 13.2 Å². The van der Waals surface area contributed by atoms with E-state index in [1.54, 1.807) is 0 Å². The molecular weight excluding hydrogens is 335 g/mol. The Kier molecular flexibility index (Phi) is 7.36. The van der Waals surface area contributed by atoms with E-state index in [1.165, 1.54) is 49.9 Å². The van der Waals surface area contributed by atoms with Crippen molar-refractivity contribution in [3.05, 3.63) is 24.3 Å². The minimum absolute atomic E-state index is 0.189. The average molecular weight is 359 g/mol. The van der Waals surface area contributed by atoms with Crippen molar-refractivity contribution in [2.24, 2.45) is 10.7 Å². The summed E-state index contributed by atoms with van der Waals surface area (Å²) in [5.74, 6) is -0.0979. The number of benzene rings is 1. The molecular formula is C17H24F3N3O2. The van der Waals surface area contributed by atoms with Crippen LogP contribution in [0, 0.1) is 0 Å². The van der Waals surface area contributed by atoms with Crippen LogP contribution in [0.15, 0.2) is 29.3 Å². The van der Waals surface area contributed by atoms with Gasteiger partial charge in [0.1, 0.15) is 5.75 Å². The van der Waals surface area contributed by atoms with Crippen molar-refractivity contribution in [3.63, 3.8) is 0 Å². The lowest BCUT2D eigenvalue weighted by atomic mass is 10.1. The predicted molar refractivity (Wildman–Crippen MR) is 90.7 cm³/mol. The highest BCUT2D eigenvalue weighted by molar-refractivity contribution is 5.92. The fourth-order valence-electron chi connectivity index (χ4n) is 2.72. The van der Waals surface area contributed by atoms with Crippen molar-refractivity contribution >= 4 is 11.6 Å². The number of ether oxygens (including phenoxy) is 2. The Labute approximate surface area is 145 Å². The molecule has 3 N–H and O–H groups in total. The number of halogens is 3. The van der Waals surface area contributed by atoms with E-state index >= 15 is 0 Å². The van der Waals surface area contributed by atoms with Crippen molar-refractivity contribution < 1.29 is 22.6 Å². The van der Waals surface area contributed by atoms with Gasteiger partial charge in [-0.2, -0.15) is 0 Å². The number of aliphatic imine (C=N–C) groups is 1. The van der Waals surface area contributed by atoms with E-state index in [0.717, 1.165) is 12.8 Å². The number of alkyl halides is 3. The third-order valence-corrected chi connectivity index (χ3v) is 3.89. The van der Waals surface area contributed by atoms with Crippen LogP contribution in [0.25, 0.3) is 0 Å². The predicted octanol–water partition coefficient (Wildman–Crippen LogP) is 4.05. The molecule has 5 nitrogen and oxygen atoms in total. The van der Waals surface area contributed by atoms with Crippen molar-refractivity contribution in [1.29, 1.82) is 0 Å². The Morgan fingerprint density at radius 1 is 1.12 bits per heavy atom. The van der Waals surface area contributed by atoms with Gasteiger partial charge in [-0.3, -0.25) is 4.99 Å². The van der Waals surface area contributed by atoms with E-state index in [0.29, 0.717) is 24.9 Å². The number of hydrogen-bond donors (Lipinski definition) is 2. The lowest BCUT2D eigenvalue weighted by molar-refractivity contribution is -0.274. The molecule has 0 amide bonds. The molecule has 140 valence electrons. The molecule has 0 aromatic heterocycles. The van der Waals surface area contributed by atoms with Gasteiger partial charge in [0.2, 0.25) is 0 Å². The molecule has 0 atom stereocenters. The third kappa shape index (κ3) is 8.11. The fraction of sp³-hybridized carbons (Fsp3) is 0.588. The highest BCUT2D eigenvalue weighted by Crippen LogP contribution is 2.24. The number of hydrogen-bond acceptors (Lipinski definition) is 3. The van der Waals surface area contributed by atoms with Gasteiger partial charge in [0.25, 0.3) is 0 Å². The Balaban J connectivity index is 1.71. The monoisotopic (exact) mass is 359 g/mol. The maximum absolute atomic E-state index is 12.1. The number of nitrogens with two attached hydrogens (primary N) is 1. The van der Waals surface area contributed by atoms with Crippen LogP contribution in [0.2, 0.25) is 0 Å².